The molecule has 1 aromatic heterocycles. The van der Waals surface area contributed by atoms with E-state index in [0.717, 1.165) is 22.4 Å². The molecule has 0 aliphatic rings. The van der Waals surface area contributed by atoms with Crippen molar-refractivity contribution >= 4 is 0 Å². The van der Waals surface area contributed by atoms with Crippen molar-refractivity contribution in [1.29, 1.82) is 0 Å². The van der Waals surface area contributed by atoms with Gasteiger partial charge in [-0.25, -0.2) is 4.68 Å². The maximum atomic E-state index is 10.3. The minimum atomic E-state index is 0.164. The fraction of sp³-hybridized carbons (Fsp3) is 0.0625. The first-order chi connectivity index (χ1) is 9.25. The molecule has 0 saturated carbocycles. The van der Waals surface area contributed by atoms with Gasteiger partial charge >= 0.3 is 0 Å². The summed E-state index contributed by atoms with van der Waals surface area (Å²) < 4.78 is 1.54. The highest BCUT2D eigenvalue weighted by molar-refractivity contribution is 5.69. The van der Waals surface area contributed by atoms with Crippen molar-refractivity contribution in [3.05, 3.63) is 66.4 Å². The van der Waals surface area contributed by atoms with Crippen molar-refractivity contribution in [1.82, 2.24) is 9.78 Å². The van der Waals surface area contributed by atoms with E-state index in [1.165, 1.54) is 4.68 Å². The molecule has 3 aromatic rings. The molecule has 3 nitrogen and oxygen atoms in total. The van der Waals surface area contributed by atoms with Gasteiger partial charge in [-0.05, 0) is 24.6 Å². The number of para-hydroxylation sites is 1. The van der Waals surface area contributed by atoms with Gasteiger partial charge in [0, 0.05) is 0 Å². The number of aryl methyl sites for hydroxylation is 1. The van der Waals surface area contributed by atoms with Gasteiger partial charge in [-0.1, -0.05) is 48.0 Å². The van der Waals surface area contributed by atoms with Gasteiger partial charge in [0.15, 0.2) is 0 Å². The molecule has 0 atom stereocenters. The van der Waals surface area contributed by atoms with Crippen LogP contribution in [0, 0.1) is 6.92 Å². The van der Waals surface area contributed by atoms with Gasteiger partial charge in [-0.2, -0.15) is 5.10 Å². The van der Waals surface area contributed by atoms with Crippen molar-refractivity contribution in [2.75, 3.05) is 0 Å². The van der Waals surface area contributed by atoms with Crippen LogP contribution in [0.25, 0.3) is 16.8 Å². The third kappa shape index (κ3) is 2.10. The van der Waals surface area contributed by atoms with Crippen LogP contribution in [0.15, 0.2) is 60.8 Å². The van der Waals surface area contributed by atoms with Crippen molar-refractivity contribution in [2.45, 2.75) is 6.92 Å². The van der Waals surface area contributed by atoms with E-state index in [-0.39, 0.29) is 5.88 Å². The van der Waals surface area contributed by atoms with Gasteiger partial charge in [0.25, 0.3) is 0 Å². The predicted molar refractivity (Wildman–Crippen MR) is 75.4 cm³/mol. The lowest BCUT2D eigenvalue weighted by molar-refractivity contribution is 0.435. The van der Waals surface area contributed by atoms with Gasteiger partial charge in [0.1, 0.15) is 0 Å². The molecule has 0 aliphatic carbocycles. The Kier molecular flexibility index (Phi) is 2.80. The standard InChI is InChI=1S/C16H14N2O/c1-12-6-5-7-13(10-12)15-11-17-18(16(15)19)14-8-3-2-4-9-14/h2-11,19H,1H3. The number of hydrogen-bond acceptors (Lipinski definition) is 2. The summed E-state index contributed by atoms with van der Waals surface area (Å²) in [7, 11) is 0. The van der Waals surface area contributed by atoms with Crippen LogP contribution in [0.5, 0.6) is 5.88 Å². The van der Waals surface area contributed by atoms with Gasteiger partial charge in [-0.3, -0.25) is 0 Å². The lowest BCUT2D eigenvalue weighted by Gasteiger charge is -2.04. The third-order valence-electron chi connectivity index (χ3n) is 3.07. The summed E-state index contributed by atoms with van der Waals surface area (Å²) in [6.07, 6.45) is 1.69. The smallest absolute Gasteiger partial charge is 0.222 e. The van der Waals surface area contributed by atoms with Crippen molar-refractivity contribution in [2.24, 2.45) is 0 Å². The van der Waals surface area contributed by atoms with Crippen LogP contribution in [-0.4, -0.2) is 14.9 Å². The molecule has 19 heavy (non-hydrogen) atoms. The summed E-state index contributed by atoms with van der Waals surface area (Å²) in [6, 6.07) is 17.6. The quantitative estimate of drug-likeness (QED) is 0.755. The number of aromatic nitrogens is 2. The molecule has 3 heteroatoms. The molecule has 0 fully saturated rings. The van der Waals surface area contributed by atoms with Crippen molar-refractivity contribution in [3.8, 4) is 22.7 Å². The van der Waals surface area contributed by atoms with Crippen LogP contribution >= 0.6 is 0 Å². The van der Waals surface area contributed by atoms with E-state index in [0.29, 0.717) is 0 Å². The highest BCUT2D eigenvalue weighted by Crippen LogP contribution is 2.31. The first kappa shape index (κ1) is 11.5. The summed E-state index contributed by atoms with van der Waals surface area (Å²) in [5.74, 6) is 0.164. The summed E-state index contributed by atoms with van der Waals surface area (Å²) in [6.45, 7) is 2.03. The summed E-state index contributed by atoms with van der Waals surface area (Å²) >= 11 is 0. The number of hydrogen-bond donors (Lipinski definition) is 1. The molecule has 94 valence electrons. The zero-order chi connectivity index (χ0) is 13.2. The fourth-order valence-electron chi connectivity index (χ4n) is 2.12. The van der Waals surface area contributed by atoms with Crippen molar-refractivity contribution in [3.63, 3.8) is 0 Å². The molecule has 0 spiro atoms. The van der Waals surface area contributed by atoms with E-state index in [1.807, 2.05) is 61.5 Å². The molecule has 1 heterocycles. The van der Waals surface area contributed by atoms with E-state index in [2.05, 4.69) is 5.10 Å². The summed E-state index contributed by atoms with van der Waals surface area (Å²) in [5, 5.41) is 14.6. The van der Waals surface area contributed by atoms with E-state index in [1.54, 1.807) is 6.20 Å². The SMILES string of the molecule is Cc1cccc(-c2cnn(-c3ccccc3)c2O)c1. The zero-order valence-corrected chi connectivity index (χ0v) is 10.6. The molecular formula is C16H14N2O. The van der Waals surface area contributed by atoms with E-state index in [4.69, 9.17) is 0 Å². The Morgan fingerprint density at radius 3 is 2.53 bits per heavy atom. The van der Waals surface area contributed by atoms with E-state index >= 15 is 0 Å². The molecule has 1 N–H and O–H groups in total. The Balaban J connectivity index is 2.09. The minimum absolute atomic E-state index is 0.164. The lowest BCUT2D eigenvalue weighted by Crippen LogP contribution is -1.94. The molecular weight excluding hydrogens is 236 g/mol. The van der Waals surface area contributed by atoms with E-state index < -0.39 is 0 Å². The van der Waals surface area contributed by atoms with Crippen LogP contribution in [0.3, 0.4) is 0 Å². The average Bonchev–Trinajstić information content (AvgIpc) is 2.81. The first-order valence-corrected chi connectivity index (χ1v) is 6.15. The van der Waals surface area contributed by atoms with E-state index in [9.17, 15) is 5.11 Å². The Hall–Kier alpha value is -2.55. The predicted octanol–water partition coefficient (Wildman–Crippen LogP) is 3.55. The second-order valence-corrected chi connectivity index (χ2v) is 4.50. The zero-order valence-electron chi connectivity index (χ0n) is 10.6. The molecule has 0 aliphatic heterocycles. The highest BCUT2D eigenvalue weighted by atomic mass is 16.3. The maximum absolute atomic E-state index is 10.3. The monoisotopic (exact) mass is 250 g/mol. The molecule has 0 amide bonds. The second-order valence-electron chi connectivity index (χ2n) is 4.50. The van der Waals surface area contributed by atoms with Crippen LogP contribution < -0.4 is 0 Å². The van der Waals surface area contributed by atoms with Crippen LogP contribution in [-0.2, 0) is 0 Å². The number of nitrogens with zero attached hydrogens (tertiary/aromatic N) is 2. The first-order valence-electron chi connectivity index (χ1n) is 6.15. The Morgan fingerprint density at radius 1 is 1.00 bits per heavy atom. The van der Waals surface area contributed by atoms with Crippen LogP contribution in [0.1, 0.15) is 5.56 Å². The Bertz CT molecular complexity index is 702. The maximum Gasteiger partial charge on any atom is 0.222 e. The second kappa shape index (κ2) is 4.61. The summed E-state index contributed by atoms with van der Waals surface area (Å²) in [5.41, 5.74) is 3.72. The Morgan fingerprint density at radius 2 is 1.79 bits per heavy atom. The molecule has 3 rings (SSSR count). The fourth-order valence-corrected chi connectivity index (χ4v) is 2.12. The van der Waals surface area contributed by atoms with Crippen LogP contribution in [0.2, 0.25) is 0 Å². The molecule has 0 bridgehead atoms. The van der Waals surface area contributed by atoms with Crippen molar-refractivity contribution < 1.29 is 5.11 Å². The highest BCUT2D eigenvalue weighted by Gasteiger charge is 2.12. The molecule has 2 aromatic carbocycles. The summed E-state index contributed by atoms with van der Waals surface area (Å²) in [4.78, 5) is 0. The minimum Gasteiger partial charge on any atom is -0.493 e. The van der Waals surface area contributed by atoms with Crippen LogP contribution in [0.4, 0.5) is 0 Å². The van der Waals surface area contributed by atoms with Gasteiger partial charge in [-0.15, -0.1) is 0 Å². The average molecular weight is 250 g/mol. The lowest BCUT2D eigenvalue weighted by atomic mass is 10.1. The van der Waals surface area contributed by atoms with Gasteiger partial charge < -0.3 is 5.11 Å². The topological polar surface area (TPSA) is 38.0 Å². The van der Waals surface area contributed by atoms with Gasteiger partial charge in [0.05, 0.1) is 17.4 Å². The largest absolute Gasteiger partial charge is 0.493 e. The normalized spacial score (nSPS) is 10.6. The third-order valence-corrected chi connectivity index (χ3v) is 3.07. The molecule has 0 saturated heterocycles. The molecule has 0 unspecified atom stereocenters. The number of benzene rings is 2. The van der Waals surface area contributed by atoms with Gasteiger partial charge in [0.2, 0.25) is 5.88 Å². The number of aromatic hydroxyl groups is 1. The number of rotatable bonds is 2. The molecule has 0 radical (unpaired) electrons. The Labute approximate surface area is 111 Å².